The molecule has 0 amide bonds. The molecular weight excluding hydrogens is 498 g/mol. The third-order valence-electron chi connectivity index (χ3n) is 7.83. The van der Waals surface area contributed by atoms with Crippen LogP contribution in [0.2, 0.25) is 0 Å². The van der Waals surface area contributed by atoms with E-state index in [1.165, 1.54) is 6.07 Å². The van der Waals surface area contributed by atoms with Gasteiger partial charge in [-0.05, 0) is 19.4 Å². The predicted molar refractivity (Wildman–Crippen MR) is 130 cm³/mol. The van der Waals surface area contributed by atoms with Crippen molar-refractivity contribution in [1.82, 2.24) is 0 Å². The number of aryl methyl sites for hydroxylation is 1. The summed E-state index contributed by atoms with van der Waals surface area (Å²) in [5, 5.41) is 53.6. The molecule has 5 rings (SSSR count). The van der Waals surface area contributed by atoms with Gasteiger partial charge in [-0.2, -0.15) is 0 Å². The van der Waals surface area contributed by atoms with Crippen LogP contribution in [0.3, 0.4) is 0 Å². The van der Waals surface area contributed by atoms with E-state index in [1.54, 1.807) is 26.0 Å². The van der Waals surface area contributed by atoms with Gasteiger partial charge in [-0.25, -0.2) is 0 Å². The van der Waals surface area contributed by atoms with Crippen LogP contribution in [0.25, 0.3) is 0 Å². The van der Waals surface area contributed by atoms with Crippen LogP contribution in [0.15, 0.2) is 18.2 Å². The number of carbonyl (C=O) groups is 3. The van der Waals surface area contributed by atoms with Crippen LogP contribution in [0, 0.1) is 6.92 Å². The number of hydrogen-bond acceptors (Lipinski definition) is 11. The fourth-order valence-corrected chi connectivity index (χ4v) is 5.78. The van der Waals surface area contributed by atoms with E-state index in [4.69, 9.17) is 15.2 Å². The molecule has 11 heteroatoms. The number of benzene rings is 2. The number of aliphatic hydroxyl groups excluding tert-OH is 2. The summed E-state index contributed by atoms with van der Waals surface area (Å²) in [6, 6.07) is 3.97. The van der Waals surface area contributed by atoms with Crippen molar-refractivity contribution in [2.24, 2.45) is 5.73 Å². The van der Waals surface area contributed by atoms with Gasteiger partial charge in [0.1, 0.15) is 23.7 Å². The number of aromatic hydroxyl groups is 2. The Bertz CT molecular complexity index is 1360. The molecule has 0 radical (unpaired) electrons. The number of ether oxygens (including phenoxy) is 2. The van der Waals surface area contributed by atoms with Crippen molar-refractivity contribution in [2.45, 2.75) is 69.4 Å². The fraction of sp³-hybridized carbons (Fsp3) is 0.444. The van der Waals surface area contributed by atoms with E-state index in [2.05, 4.69) is 0 Å². The van der Waals surface area contributed by atoms with E-state index < -0.39 is 95.7 Å². The van der Waals surface area contributed by atoms with Crippen molar-refractivity contribution >= 4 is 17.3 Å². The van der Waals surface area contributed by atoms with Gasteiger partial charge in [0, 0.05) is 47.6 Å². The second-order valence-corrected chi connectivity index (χ2v) is 10.3. The molecule has 3 aliphatic rings. The Hall–Kier alpha value is -3.19. The molecule has 2 aromatic carbocycles. The first-order chi connectivity index (χ1) is 17.9. The summed E-state index contributed by atoms with van der Waals surface area (Å²) in [6.07, 6.45) is -4.98. The lowest BCUT2D eigenvalue weighted by Crippen LogP contribution is -2.53. The van der Waals surface area contributed by atoms with Crippen LogP contribution in [0.4, 0.5) is 0 Å². The Morgan fingerprint density at radius 1 is 1.16 bits per heavy atom. The van der Waals surface area contributed by atoms with Gasteiger partial charge >= 0.3 is 0 Å². The van der Waals surface area contributed by atoms with Gasteiger partial charge in [0.05, 0.1) is 29.4 Å². The highest BCUT2D eigenvalue weighted by Crippen LogP contribution is 2.52. The maximum atomic E-state index is 13.6. The summed E-state index contributed by atoms with van der Waals surface area (Å²) in [4.78, 5) is 39.6. The molecule has 1 heterocycles. The topological polar surface area (TPSA) is 197 Å². The molecule has 2 unspecified atom stereocenters. The molecule has 2 aliphatic carbocycles. The zero-order chi connectivity index (χ0) is 27.7. The van der Waals surface area contributed by atoms with Crippen molar-refractivity contribution < 1.29 is 49.4 Å². The lowest BCUT2D eigenvalue weighted by atomic mass is 9.71. The van der Waals surface area contributed by atoms with E-state index in [-0.39, 0.29) is 28.7 Å². The largest absolute Gasteiger partial charge is 0.507 e. The lowest BCUT2D eigenvalue weighted by molar-refractivity contribution is -0.247. The number of phenolic OH excluding ortho intramolecular Hbond substituents is 2. The standard InChI is InChI=1S/C27H29NO10/c1-10-4-3-5-12-18(10)25(34)21-20(23(12)32)24(33)13-7-27(36,16(30)9-29)8-15(19(13)26(21)35)38-17-6-14(28)22(31)11(2)37-17/h3-5,11,14-15,17,22,29,31,33,35-36H,6-9,28H2,1-2H3/t11?,14?,15-,17+,22-,27-/m0/s1. The van der Waals surface area contributed by atoms with E-state index in [0.29, 0.717) is 5.56 Å². The quantitative estimate of drug-likeness (QED) is 0.255. The van der Waals surface area contributed by atoms with Gasteiger partial charge in [0.15, 0.2) is 23.6 Å². The van der Waals surface area contributed by atoms with Gasteiger partial charge in [-0.1, -0.05) is 18.2 Å². The lowest BCUT2D eigenvalue weighted by Gasteiger charge is -2.42. The highest BCUT2D eigenvalue weighted by molar-refractivity contribution is 6.31. The number of nitrogens with two attached hydrogens (primary N) is 1. The Balaban J connectivity index is 1.68. The van der Waals surface area contributed by atoms with Crippen LogP contribution in [-0.2, 0) is 20.7 Å². The molecule has 202 valence electrons. The molecule has 1 saturated heterocycles. The minimum atomic E-state index is -2.22. The van der Waals surface area contributed by atoms with Crippen molar-refractivity contribution in [3.05, 3.63) is 57.1 Å². The number of phenols is 2. The first-order valence-corrected chi connectivity index (χ1v) is 12.3. The smallest absolute Gasteiger partial charge is 0.198 e. The second kappa shape index (κ2) is 9.23. The van der Waals surface area contributed by atoms with Crippen LogP contribution >= 0.6 is 0 Å². The molecule has 0 bridgehead atoms. The van der Waals surface area contributed by atoms with E-state index >= 15 is 0 Å². The normalized spacial score (nSPS) is 30.4. The van der Waals surface area contributed by atoms with Gasteiger partial charge in [-0.15, -0.1) is 0 Å². The Labute approximate surface area is 217 Å². The van der Waals surface area contributed by atoms with E-state index in [9.17, 15) is 39.9 Å². The van der Waals surface area contributed by atoms with Crippen LogP contribution in [-0.4, -0.2) is 79.6 Å². The summed E-state index contributed by atoms with van der Waals surface area (Å²) in [5.41, 5.74) is 3.38. The van der Waals surface area contributed by atoms with Crippen molar-refractivity contribution in [3.8, 4) is 11.5 Å². The highest BCUT2D eigenvalue weighted by Gasteiger charge is 2.50. The Morgan fingerprint density at radius 2 is 1.84 bits per heavy atom. The summed E-state index contributed by atoms with van der Waals surface area (Å²) in [5.74, 6) is -3.60. The molecule has 7 N–H and O–H groups in total. The third kappa shape index (κ3) is 3.85. The fourth-order valence-electron chi connectivity index (χ4n) is 5.78. The average molecular weight is 528 g/mol. The minimum absolute atomic E-state index is 0.0331. The molecule has 0 saturated carbocycles. The number of hydrogen-bond donors (Lipinski definition) is 6. The van der Waals surface area contributed by atoms with Crippen molar-refractivity contribution in [2.75, 3.05) is 6.61 Å². The van der Waals surface area contributed by atoms with Gasteiger partial charge in [0.25, 0.3) is 0 Å². The number of fused-ring (bicyclic) bond motifs is 3. The number of Topliss-reactive ketones (excluding diaryl/α,β-unsaturated/α-hetero) is 1. The molecule has 6 atom stereocenters. The van der Waals surface area contributed by atoms with E-state index in [1.807, 2.05) is 0 Å². The first-order valence-electron chi connectivity index (χ1n) is 12.3. The minimum Gasteiger partial charge on any atom is -0.507 e. The van der Waals surface area contributed by atoms with Gasteiger partial charge in [0.2, 0.25) is 0 Å². The molecule has 0 spiro atoms. The summed E-state index contributed by atoms with van der Waals surface area (Å²) in [6.45, 7) is 2.23. The Kier molecular flexibility index (Phi) is 6.41. The van der Waals surface area contributed by atoms with Gasteiger partial charge in [-0.3, -0.25) is 14.4 Å². The van der Waals surface area contributed by atoms with E-state index in [0.717, 1.165) is 0 Å². The van der Waals surface area contributed by atoms with Crippen molar-refractivity contribution in [1.29, 1.82) is 0 Å². The SMILES string of the molecule is Cc1cccc2c1C(=O)c1c(O)c3c(c(O)c1C2=O)C[C@@](O)(C(=O)CO)C[C@@H]3O[C@@H]1CC(N)[C@@H](O)C(C)O1. The number of carbonyl (C=O) groups excluding carboxylic acids is 3. The molecule has 0 aromatic heterocycles. The highest BCUT2D eigenvalue weighted by atomic mass is 16.7. The summed E-state index contributed by atoms with van der Waals surface area (Å²) >= 11 is 0. The molecule has 1 fully saturated rings. The maximum absolute atomic E-state index is 13.6. The molecular formula is C27H29NO10. The zero-order valence-electron chi connectivity index (χ0n) is 20.8. The van der Waals surface area contributed by atoms with Gasteiger partial charge < -0.3 is 40.7 Å². The number of aliphatic hydroxyl groups is 3. The Morgan fingerprint density at radius 3 is 2.50 bits per heavy atom. The molecule has 1 aliphatic heterocycles. The maximum Gasteiger partial charge on any atom is 0.198 e. The number of ketones is 3. The predicted octanol–water partition coefficient (Wildman–Crippen LogP) is 0.301. The molecule has 2 aromatic rings. The summed E-state index contributed by atoms with van der Waals surface area (Å²) < 4.78 is 11.7. The third-order valence-corrected chi connectivity index (χ3v) is 7.83. The second-order valence-electron chi connectivity index (χ2n) is 10.3. The molecule has 11 nitrogen and oxygen atoms in total. The van der Waals surface area contributed by atoms with Crippen LogP contribution in [0.5, 0.6) is 11.5 Å². The van der Waals surface area contributed by atoms with Crippen molar-refractivity contribution in [3.63, 3.8) is 0 Å². The van der Waals surface area contributed by atoms with Crippen LogP contribution in [0.1, 0.15) is 74.4 Å². The van der Waals surface area contributed by atoms with Crippen LogP contribution < -0.4 is 5.73 Å². The zero-order valence-corrected chi connectivity index (χ0v) is 20.8. The molecule has 38 heavy (non-hydrogen) atoms. The first kappa shape index (κ1) is 26.4. The number of rotatable bonds is 4. The summed E-state index contributed by atoms with van der Waals surface area (Å²) in [7, 11) is 0. The average Bonchev–Trinajstić information content (AvgIpc) is 2.86. The monoisotopic (exact) mass is 527 g/mol.